The first-order valence-electron chi connectivity index (χ1n) is 10.5. The van der Waals surface area contributed by atoms with Crippen LogP contribution in [-0.2, 0) is 29.6 Å². The summed E-state index contributed by atoms with van der Waals surface area (Å²) in [5.41, 5.74) is 5.19. The predicted molar refractivity (Wildman–Crippen MR) is 110 cm³/mol. The van der Waals surface area contributed by atoms with Crippen molar-refractivity contribution in [3.05, 3.63) is 70.8 Å². The topological polar surface area (TPSA) is 60.9 Å². The van der Waals surface area contributed by atoms with Crippen molar-refractivity contribution >= 4 is 12.0 Å². The molecule has 2 aromatic carbocycles. The summed E-state index contributed by atoms with van der Waals surface area (Å²) in [6.45, 7) is 1.70. The number of amides is 2. The molecule has 5 nitrogen and oxygen atoms in total. The first-order valence-corrected chi connectivity index (χ1v) is 10.5. The number of likely N-dealkylation sites (tertiary alicyclic amines) is 1. The highest BCUT2D eigenvalue weighted by atomic mass is 16.4. The van der Waals surface area contributed by atoms with Gasteiger partial charge in [0.25, 0.3) is 0 Å². The molecule has 0 unspecified atom stereocenters. The normalized spacial score (nSPS) is 22.3. The molecule has 0 bridgehead atoms. The standard InChI is InChI=1S/C24H26N2O3/c27-22(21-15-18-6-1-2-7-19(18)16-26(21)23(28)29)25-13-11-24(12-14-25)10-9-17-5-3-4-8-20(17)24/h1-8,21H,9-16H2,(H,28,29)/t21-/m0/s1. The highest BCUT2D eigenvalue weighted by Gasteiger charge is 2.44. The summed E-state index contributed by atoms with van der Waals surface area (Å²) in [7, 11) is 0. The Bertz CT molecular complexity index is 962. The van der Waals surface area contributed by atoms with Crippen LogP contribution < -0.4 is 0 Å². The molecular formula is C24H26N2O3. The molecule has 5 rings (SSSR count). The van der Waals surface area contributed by atoms with Gasteiger partial charge >= 0.3 is 6.09 Å². The monoisotopic (exact) mass is 390 g/mol. The third-order valence-electron chi connectivity index (χ3n) is 7.27. The molecule has 1 atom stereocenters. The zero-order valence-corrected chi connectivity index (χ0v) is 16.5. The van der Waals surface area contributed by atoms with Crippen LogP contribution in [0.4, 0.5) is 4.79 Å². The van der Waals surface area contributed by atoms with E-state index in [2.05, 4.69) is 24.3 Å². The van der Waals surface area contributed by atoms with E-state index in [1.165, 1.54) is 16.0 Å². The van der Waals surface area contributed by atoms with Crippen LogP contribution in [0.15, 0.2) is 48.5 Å². The van der Waals surface area contributed by atoms with Crippen LogP contribution in [0, 0.1) is 0 Å². The van der Waals surface area contributed by atoms with Gasteiger partial charge in [0, 0.05) is 19.5 Å². The van der Waals surface area contributed by atoms with Crippen molar-refractivity contribution in [1.82, 2.24) is 9.80 Å². The van der Waals surface area contributed by atoms with Crippen molar-refractivity contribution < 1.29 is 14.7 Å². The van der Waals surface area contributed by atoms with Gasteiger partial charge in [0.05, 0.1) is 6.54 Å². The van der Waals surface area contributed by atoms with Crippen LogP contribution in [0.3, 0.4) is 0 Å². The van der Waals surface area contributed by atoms with Crippen molar-refractivity contribution in [2.45, 2.75) is 50.1 Å². The molecule has 150 valence electrons. The Labute approximate surface area is 170 Å². The fraction of sp³-hybridized carbons (Fsp3) is 0.417. The quantitative estimate of drug-likeness (QED) is 0.809. The molecule has 1 spiro atoms. The molecule has 0 saturated carbocycles. The second kappa shape index (κ2) is 6.90. The fourth-order valence-corrected chi connectivity index (χ4v) is 5.59. The Morgan fingerprint density at radius 2 is 1.55 bits per heavy atom. The first kappa shape index (κ1) is 18.2. The van der Waals surface area contributed by atoms with Gasteiger partial charge in [-0.15, -0.1) is 0 Å². The average molecular weight is 390 g/mol. The number of carbonyl (C=O) groups is 2. The maximum Gasteiger partial charge on any atom is 0.408 e. The van der Waals surface area contributed by atoms with E-state index in [-0.39, 0.29) is 17.9 Å². The summed E-state index contributed by atoms with van der Waals surface area (Å²) < 4.78 is 0. The smallest absolute Gasteiger partial charge is 0.408 e. The Balaban J connectivity index is 1.34. The minimum atomic E-state index is -1.02. The van der Waals surface area contributed by atoms with E-state index in [9.17, 15) is 14.7 Å². The number of nitrogens with zero attached hydrogens (tertiary/aromatic N) is 2. The van der Waals surface area contributed by atoms with Gasteiger partial charge in [-0.3, -0.25) is 9.69 Å². The minimum Gasteiger partial charge on any atom is -0.465 e. The van der Waals surface area contributed by atoms with Gasteiger partial charge in [0.15, 0.2) is 0 Å². The third kappa shape index (κ3) is 3.00. The fourth-order valence-electron chi connectivity index (χ4n) is 5.59. The summed E-state index contributed by atoms with van der Waals surface area (Å²) in [5.74, 6) is -0.0389. The van der Waals surface area contributed by atoms with Crippen LogP contribution in [0.5, 0.6) is 0 Å². The van der Waals surface area contributed by atoms with Crippen molar-refractivity contribution in [1.29, 1.82) is 0 Å². The van der Waals surface area contributed by atoms with E-state index in [1.807, 2.05) is 29.2 Å². The van der Waals surface area contributed by atoms with Gasteiger partial charge in [0.2, 0.25) is 5.91 Å². The largest absolute Gasteiger partial charge is 0.465 e. The highest BCUT2D eigenvalue weighted by molar-refractivity contribution is 5.86. The number of hydrogen-bond acceptors (Lipinski definition) is 2. The van der Waals surface area contributed by atoms with Crippen molar-refractivity contribution in [2.24, 2.45) is 0 Å². The molecule has 5 heteroatoms. The van der Waals surface area contributed by atoms with Gasteiger partial charge in [0.1, 0.15) is 6.04 Å². The maximum absolute atomic E-state index is 13.3. The minimum absolute atomic E-state index is 0.0389. The lowest BCUT2D eigenvalue weighted by atomic mass is 9.73. The lowest BCUT2D eigenvalue weighted by molar-refractivity contribution is -0.138. The summed E-state index contributed by atoms with van der Waals surface area (Å²) in [5, 5.41) is 9.71. The van der Waals surface area contributed by atoms with E-state index in [0.29, 0.717) is 19.5 Å². The van der Waals surface area contributed by atoms with Crippen LogP contribution in [-0.4, -0.2) is 46.0 Å². The molecule has 29 heavy (non-hydrogen) atoms. The first-order chi connectivity index (χ1) is 14.1. The molecule has 2 amide bonds. The van der Waals surface area contributed by atoms with E-state index < -0.39 is 12.1 Å². The maximum atomic E-state index is 13.3. The van der Waals surface area contributed by atoms with E-state index in [4.69, 9.17) is 0 Å². The van der Waals surface area contributed by atoms with Gasteiger partial charge in [-0.1, -0.05) is 48.5 Å². The van der Waals surface area contributed by atoms with Gasteiger partial charge in [-0.05, 0) is 53.4 Å². The second-order valence-electron chi connectivity index (χ2n) is 8.66. The molecule has 2 heterocycles. The molecule has 1 fully saturated rings. The van der Waals surface area contributed by atoms with Crippen molar-refractivity contribution in [2.75, 3.05) is 13.1 Å². The summed E-state index contributed by atoms with van der Waals surface area (Å²) >= 11 is 0. The Morgan fingerprint density at radius 3 is 2.28 bits per heavy atom. The molecule has 2 aromatic rings. The Kier molecular flexibility index (Phi) is 4.34. The lowest BCUT2D eigenvalue weighted by Crippen LogP contribution is -2.55. The predicted octanol–water partition coefficient (Wildman–Crippen LogP) is 3.60. The zero-order chi connectivity index (χ0) is 20.0. The molecule has 0 aromatic heterocycles. The van der Waals surface area contributed by atoms with Crippen molar-refractivity contribution in [3.8, 4) is 0 Å². The number of fused-ring (bicyclic) bond motifs is 3. The number of hydrogen-bond donors (Lipinski definition) is 1. The Morgan fingerprint density at radius 1 is 0.897 bits per heavy atom. The molecule has 0 radical (unpaired) electrons. The number of aryl methyl sites for hydroxylation is 1. The van der Waals surface area contributed by atoms with Crippen LogP contribution in [0.2, 0.25) is 0 Å². The van der Waals surface area contributed by atoms with Crippen LogP contribution >= 0.6 is 0 Å². The summed E-state index contributed by atoms with van der Waals surface area (Å²) in [6, 6.07) is 15.9. The molecule has 2 aliphatic heterocycles. The van der Waals surface area contributed by atoms with E-state index in [0.717, 1.165) is 36.8 Å². The second-order valence-corrected chi connectivity index (χ2v) is 8.66. The summed E-state index contributed by atoms with van der Waals surface area (Å²) in [6.07, 6.45) is 3.66. The average Bonchev–Trinajstić information content (AvgIpc) is 3.11. The van der Waals surface area contributed by atoms with Crippen LogP contribution in [0.25, 0.3) is 0 Å². The number of piperidine rings is 1. The van der Waals surface area contributed by atoms with Crippen molar-refractivity contribution in [3.63, 3.8) is 0 Å². The van der Waals surface area contributed by atoms with Crippen LogP contribution in [0.1, 0.15) is 41.5 Å². The highest BCUT2D eigenvalue weighted by Crippen LogP contribution is 2.46. The number of rotatable bonds is 1. The molecule has 3 aliphatic rings. The molecule has 1 saturated heterocycles. The lowest BCUT2D eigenvalue weighted by Gasteiger charge is -2.43. The molecular weight excluding hydrogens is 364 g/mol. The van der Waals surface area contributed by atoms with Gasteiger partial charge < -0.3 is 10.0 Å². The molecule has 1 aliphatic carbocycles. The molecule has 1 N–H and O–H groups in total. The zero-order valence-electron chi connectivity index (χ0n) is 16.5. The SMILES string of the molecule is O=C([C@@H]1Cc2ccccc2CN1C(=O)O)N1CCC2(CCc3ccccc32)CC1. The number of benzene rings is 2. The van der Waals surface area contributed by atoms with Gasteiger partial charge in [-0.25, -0.2) is 4.79 Å². The Hall–Kier alpha value is -2.82. The van der Waals surface area contributed by atoms with E-state index in [1.54, 1.807) is 0 Å². The van der Waals surface area contributed by atoms with Gasteiger partial charge in [-0.2, -0.15) is 0 Å². The number of carboxylic acid groups (broad SMARTS) is 1. The summed E-state index contributed by atoms with van der Waals surface area (Å²) in [4.78, 5) is 28.4. The van der Waals surface area contributed by atoms with E-state index >= 15 is 0 Å². The number of carbonyl (C=O) groups excluding carboxylic acids is 1. The third-order valence-corrected chi connectivity index (χ3v) is 7.27.